The topological polar surface area (TPSA) is 75.4 Å². The molecule has 5 heteroatoms. The Kier molecular flexibility index (Phi) is 3.05. The minimum atomic E-state index is -0.398. The Labute approximate surface area is 93.2 Å². The molecule has 0 saturated carbocycles. The van der Waals surface area contributed by atoms with Gasteiger partial charge in [0.05, 0.1) is 10.5 Å². The van der Waals surface area contributed by atoms with E-state index in [1.807, 2.05) is 0 Å². The molecule has 0 aromatic heterocycles. The maximum absolute atomic E-state index is 10.9. The van der Waals surface area contributed by atoms with Crippen molar-refractivity contribution in [2.75, 3.05) is 6.54 Å². The van der Waals surface area contributed by atoms with Crippen molar-refractivity contribution in [2.24, 2.45) is 0 Å². The first-order chi connectivity index (χ1) is 7.68. The molecule has 0 radical (unpaired) electrons. The van der Waals surface area contributed by atoms with E-state index in [1.54, 1.807) is 0 Å². The van der Waals surface area contributed by atoms with Crippen LogP contribution in [0.25, 0.3) is 0 Å². The molecular formula is C11H14N2O3. The average Bonchev–Trinajstić information content (AvgIpc) is 2.29. The highest BCUT2D eigenvalue weighted by molar-refractivity contribution is 5.46. The van der Waals surface area contributed by atoms with Crippen molar-refractivity contribution in [3.8, 4) is 5.75 Å². The first-order valence-electron chi connectivity index (χ1n) is 5.39. The quantitative estimate of drug-likeness (QED) is 0.593. The Balaban J connectivity index is 2.36. The fourth-order valence-corrected chi connectivity index (χ4v) is 2.10. The molecule has 1 aliphatic heterocycles. The number of rotatable bonds is 2. The molecule has 1 atom stereocenters. The van der Waals surface area contributed by atoms with E-state index in [9.17, 15) is 15.2 Å². The van der Waals surface area contributed by atoms with Crippen molar-refractivity contribution in [1.29, 1.82) is 0 Å². The van der Waals surface area contributed by atoms with Crippen molar-refractivity contribution >= 4 is 5.69 Å². The van der Waals surface area contributed by atoms with Crippen LogP contribution in [0.4, 0.5) is 5.69 Å². The Hall–Kier alpha value is -1.62. The summed E-state index contributed by atoms with van der Waals surface area (Å²) in [6, 6.07) is 4.19. The summed E-state index contributed by atoms with van der Waals surface area (Å²) in [6.07, 6.45) is 3.04. The second-order valence-corrected chi connectivity index (χ2v) is 4.00. The summed E-state index contributed by atoms with van der Waals surface area (Å²) in [7, 11) is 0. The number of benzene rings is 1. The molecule has 2 rings (SSSR count). The van der Waals surface area contributed by atoms with Crippen LogP contribution in [-0.2, 0) is 0 Å². The molecule has 16 heavy (non-hydrogen) atoms. The van der Waals surface area contributed by atoms with E-state index in [1.165, 1.54) is 18.2 Å². The number of phenolic OH excluding ortho intramolecular Hbond substituents is 1. The number of hydrogen-bond acceptors (Lipinski definition) is 4. The van der Waals surface area contributed by atoms with Crippen LogP contribution < -0.4 is 5.32 Å². The van der Waals surface area contributed by atoms with Crippen LogP contribution in [0.1, 0.15) is 30.9 Å². The number of nitro benzene ring substituents is 1. The first-order valence-corrected chi connectivity index (χ1v) is 5.39. The highest BCUT2D eigenvalue weighted by Gasteiger charge is 2.23. The molecule has 1 aromatic carbocycles. The second-order valence-electron chi connectivity index (χ2n) is 4.00. The van der Waals surface area contributed by atoms with Crippen LogP contribution in [0.2, 0.25) is 0 Å². The average molecular weight is 222 g/mol. The smallest absolute Gasteiger partial charge is 0.274 e. The SMILES string of the molecule is O=[N+]([O-])c1ccc(O)cc1C1CCCCN1. The maximum atomic E-state index is 10.9. The van der Waals surface area contributed by atoms with Crippen LogP contribution in [0.3, 0.4) is 0 Å². The van der Waals surface area contributed by atoms with Gasteiger partial charge in [-0.25, -0.2) is 0 Å². The van der Waals surface area contributed by atoms with E-state index in [-0.39, 0.29) is 17.5 Å². The third-order valence-electron chi connectivity index (χ3n) is 2.89. The summed E-state index contributed by atoms with van der Waals surface area (Å²) in [5, 5.41) is 23.5. The Morgan fingerprint density at radius 2 is 2.25 bits per heavy atom. The largest absolute Gasteiger partial charge is 0.508 e. The summed E-state index contributed by atoms with van der Waals surface area (Å²) >= 11 is 0. The lowest BCUT2D eigenvalue weighted by atomic mass is 9.96. The van der Waals surface area contributed by atoms with Gasteiger partial charge in [0.15, 0.2) is 0 Å². The molecule has 0 spiro atoms. The van der Waals surface area contributed by atoms with Crippen molar-refractivity contribution in [2.45, 2.75) is 25.3 Å². The minimum absolute atomic E-state index is 0.0127. The van der Waals surface area contributed by atoms with E-state index < -0.39 is 4.92 Å². The van der Waals surface area contributed by atoms with Gasteiger partial charge >= 0.3 is 0 Å². The molecule has 1 aliphatic rings. The molecule has 1 aromatic rings. The van der Waals surface area contributed by atoms with Crippen LogP contribution in [0.5, 0.6) is 5.75 Å². The summed E-state index contributed by atoms with van der Waals surface area (Å²) in [4.78, 5) is 10.5. The molecular weight excluding hydrogens is 208 g/mol. The van der Waals surface area contributed by atoms with Gasteiger partial charge in [0.25, 0.3) is 5.69 Å². The number of piperidine rings is 1. The number of aromatic hydroxyl groups is 1. The van der Waals surface area contributed by atoms with Crippen molar-refractivity contribution < 1.29 is 10.0 Å². The number of phenols is 1. The molecule has 1 unspecified atom stereocenters. The van der Waals surface area contributed by atoms with Crippen molar-refractivity contribution in [3.05, 3.63) is 33.9 Å². The zero-order chi connectivity index (χ0) is 11.5. The molecule has 0 bridgehead atoms. The fraction of sp³-hybridized carbons (Fsp3) is 0.455. The second kappa shape index (κ2) is 4.49. The number of nitrogens with zero attached hydrogens (tertiary/aromatic N) is 1. The van der Waals surface area contributed by atoms with Crippen LogP contribution in [0, 0.1) is 10.1 Å². The summed E-state index contributed by atoms with van der Waals surface area (Å²) in [5.41, 5.74) is 0.668. The summed E-state index contributed by atoms with van der Waals surface area (Å²) in [6.45, 7) is 0.872. The standard InChI is InChI=1S/C11H14N2O3/c14-8-4-5-11(13(15)16)9(7-8)10-3-1-2-6-12-10/h4-5,7,10,12,14H,1-3,6H2. The van der Waals surface area contributed by atoms with Crippen molar-refractivity contribution in [3.63, 3.8) is 0 Å². The molecule has 0 amide bonds. The summed E-state index contributed by atoms with van der Waals surface area (Å²) in [5.74, 6) is 0.0768. The predicted octanol–water partition coefficient (Wildman–Crippen LogP) is 2.11. The third kappa shape index (κ3) is 2.14. The van der Waals surface area contributed by atoms with Gasteiger partial charge in [-0.15, -0.1) is 0 Å². The van der Waals surface area contributed by atoms with Gasteiger partial charge in [0.2, 0.25) is 0 Å². The molecule has 2 N–H and O–H groups in total. The summed E-state index contributed by atoms with van der Waals surface area (Å²) < 4.78 is 0. The van der Waals surface area contributed by atoms with E-state index in [4.69, 9.17) is 0 Å². The van der Waals surface area contributed by atoms with Gasteiger partial charge < -0.3 is 10.4 Å². The van der Waals surface area contributed by atoms with Gasteiger partial charge in [-0.3, -0.25) is 10.1 Å². The van der Waals surface area contributed by atoms with Gasteiger partial charge in [-0.05, 0) is 31.5 Å². The highest BCUT2D eigenvalue weighted by Crippen LogP contribution is 2.32. The monoisotopic (exact) mass is 222 g/mol. The van der Waals surface area contributed by atoms with Crippen LogP contribution in [0.15, 0.2) is 18.2 Å². The minimum Gasteiger partial charge on any atom is -0.508 e. The zero-order valence-corrected chi connectivity index (χ0v) is 8.85. The van der Waals surface area contributed by atoms with Gasteiger partial charge in [-0.2, -0.15) is 0 Å². The normalized spacial score (nSPS) is 20.6. The van der Waals surface area contributed by atoms with E-state index in [0.29, 0.717) is 5.56 Å². The first kappa shape index (κ1) is 10.9. The molecule has 0 aliphatic carbocycles. The highest BCUT2D eigenvalue weighted by atomic mass is 16.6. The zero-order valence-electron chi connectivity index (χ0n) is 8.85. The van der Waals surface area contributed by atoms with E-state index in [2.05, 4.69) is 5.32 Å². The molecule has 1 fully saturated rings. The Morgan fingerprint density at radius 3 is 2.88 bits per heavy atom. The van der Waals surface area contributed by atoms with Crippen molar-refractivity contribution in [1.82, 2.24) is 5.32 Å². The van der Waals surface area contributed by atoms with Gasteiger partial charge in [-0.1, -0.05) is 6.42 Å². The van der Waals surface area contributed by atoms with Crippen LogP contribution >= 0.6 is 0 Å². The fourth-order valence-electron chi connectivity index (χ4n) is 2.10. The lowest BCUT2D eigenvalue weighted by Gasteiger charge is -2.23. The molecule has 86 valence electrons. The Morgan fingerprint density at radius 1 is 1.44 bits per heavy atom. The number of hydrogen-bond donors (Lipinski definition) is 2. The molecule has 5 nitrogen and oxygen atoms in total. The van der Waals surface area contributed by atoms with Gasteiger partial charge in [0.1, 0.15) is 5.75 Å². The lowest BCUT2D eigenvalue weighted by Crippen LogP contribution is -2.27. The maximum Gasteiger partial charge on any atom is 0.274 e. The van der Waals surface area contributed by atoms with E-state index >= 15 is 0 Å². The number of nitro groups is 1. The molecule has 1 saturated heterocycles. The van der Waals surface area contributed by atoms with Gasteiger partial charge in [0, 0.05) is 12.1 Å². The predicted molar refractivity (Wildman–Crippen MR) is 59.4 cm³/mol. The third-order valence-corrected chi connectivity index (χ3v) is 2.89. The lowest BCUT2D eigenvalue weighted by molar-refractivity contribution is -0.385. The Bertz CT molecular complexity index is 400. The number of nitrogens with one attached hydrogen (secondary N) is 1. The molecule has 1 heterocycles. The van der Waals surface area contributed by atoms with Crippen LogP contribution in [-0.4, -0.2) is 16.6 Å². The van der Waals surface area contributed by atoms with E-state index in [0.717, 1.165) is 25.8 Å².